The largest absolute Gasteiger partial charge is 0.484 e. The molecular weight excluding hydrogens is 373 g/mol. The van der Waals surface area contributed by atoms with Crippen LogP contribution in [0, 0.1) is 5.82 Å². The summed E-state index contributed by atoms with van der Waals surface area (Å²) in [5, 5.41) is 2.77. The molecule has 0 saturated carbocycles. The van der Waals surface area contributed by atoms with Gasteiger partial charge in [0, 0.05) is 38.4 Å². The van der Waals surface area contributed by atoms with Crippen LogP contribution in [0.1, 0.15) is 5.56 Å². The van der Waals surface area contributed by atoms with E-state index in [0.717, 1.165) is 25.2 Å². The van der Waals surface area contributed by atoms with E-state index < -0.39 is 0 Å². The monoisotopic (exact) mass is 397 g/mol. The summed E-state index contributed by atoms with van der Waals surface area (Å²) in [6.07, 6.45) is 1.35. The van der Waals surface area contributed by atoms with Crippen LogP contribution in [0.2, 0.25) is 0 Å². The number of nitrogens with one attached hydrogen (secondary N) is 1. The zero-order chi connectivity index (χ0) is 20.6. The number of anilines is 1. The summed E-state index contributed by atoms with van der Waals surface area (Å²) >= 11 is 0. The fourth-order valence-electron chi connectivity index (χ4n) is 3.08. The van der Waals surface area contributed by atoms with E-state index in [-0.39, 0.29) is 24.2 Å². The molecule has 0 atom stereocenters. The summed E-state index contributed by atoms with van der Waals surface area (Å²) in [4.78, 5) is 27.7. The highest BCUT2D eigenvalue weighted by molar-refractivity contribution is 5.91. The Hall–Kier alpha value is -3.19. The van der Waals surface area contributed by atoms with Crippen molar-refractivity contribution in [1.29, 1.82) is 0 Å². The minimum absolute atomic E-state index is 0.0202. The Morgan fingerprint density at radius 3 is 2.31 bits per heavy atom. The first-order valence-electron chi connectivity index (χ1n) is 9.44. The summed E-state index contributed by atoms with van der Waals surface area (Å²) in [5.74, 6) is -0.223. The Morgan fingerprint density at radius 1 is 1.03 bits per heavy atom. The van der Waals surface area contributed by atoms with Gasteiger partial charge < -0.3 is 15.0 Å². The van der Waals surface area contributed by atoms with E-state index in [0.29, 0.717) is 24.5 Å². The van der Waals surface area contributed by atoms with Gasteiger partial charge in [0.15, 0.2) is 6.61 Å². The molecule has 6 nitrogen and oxygen atoms in total. The maximum absolute atomic E-state index is 12.9. The molecular formula is C22H24FN3O3. The van der Waals surface area contributed by atoms with Crippen molar-refractivity contribution in [1.82, 2.24) is 9.80 Å². The molecule has 1 aliphatic rings. The molecule has 1 N–H and O–H groups in total. The summed E-state index contributed by atoms with van der Waals surface area (Å²) in [5.41, 5.74) is 1.82. The van der Waals surface area contributed by atoms with Crippen molar-refractivity contribution >= 4 is 17.5 Å². The van der Waals surface area contributed by atoms with Gasteiger partial charge in [0.05, 0.1) is 0 Å². The normalized spacial score (nSPS) is 14.3. The number of hydrogen-bond donors (Lipinski definition) is 1. The molecule has 0 unspecified atom stereocenters. The van der Waals surface area contributed by atoms with Crippen LogP contribution in [0.4, 0.5) is 10.1 Å². The number of nitrogens with zero attached hydrogens (tertiary/aromatic N) is 2. The van der Waals surface area contributed by atoms with Crippen molar-refractivity contribution in [3.05, 3.63) is 72.6 Å². The lowest BCUT2D eigenvalue weighted by molar-refractivity contribution is -0.127. The van der Waals surface area contributed by atoms with E-state index in [4.69, 9.17) is 4.74 Å². The molecule has 0 aromatic heterocycles. The minimum Gasteiger partial charge on any atom is -0.484 e. The lowest BCUT2D eigenvalue weighted by Gasteiger charge is -2.34. The van der Waals surface area contributed by atoms with E-state index in [9.17, 15) is 14.0 Å². The second kappa shape index (κ2) is 9.84. The predicted octanol–water partition coefficient (Wildman–Crippen LogP) is 2.67. The third-order valence-corrected chi connectivity index (χ3v) is 4.69. The first-order valence-corrected chi connectivity index (χ1v) is 9.44. The van der Waals surface area contributed by atoms with Crippen LogP contribution in [0.15, 0.2) is 61.2 Å². The molecule has 0 spiro atoms. The molecule has 1 heterocycles. The molecule has 3 rings (SSSR count). The topological polar surface area (TPSA) is 61.9 Å². The Morgan fingerprint density at radius 2 is 1.69 bits per heavy atom. The van der Waals surface area contributed by atoms with Gasteiger partial charge in [-0.1, -0.05) is 18.7 Å². The van der Waals surface area contributed by atoms with Gasteiger partial charge in [-0.15, -0.1) is 0 Å². The van der Waals surface area contributed by atoms with Crippen LogP contribution in [0.3, 0.4) is 0 Å². The number of hydrogen-bond acceptors (Lipinski definition) is 4. The maximum atomic E-state index is 12.9. The van der Waals surface area contributed by atoms with Crippen molar-refractivity contribution in [2.24, 2.45) is 0 Å². The molecule has 2 amide bonds. The number of ether oxygens (including phenoxy) is 1. The van der Waals surface area contributed by atoms with Gasteiger partial charge in [-0.3, -0.25) is 14.5 Å². The average molecular weight is 397 g/mol. The number of carbonyl (C=O) groups is 2. The van der Waals surface area contributed by atoms with Crippen molar-refractivity contribution in [3.63, 3.8) is 0 Å². The van der Waals surface area contributed by atoms with Crippen LogP contribution in [0.5, 0.6) is 5.75 Å². The molecule has 152 valence electrons. The van der Waals surface area contributed by atoms with E-state index in [1.165, 1.54) is 30.3 Å². The van der Waals surface area contributed by atoms with Crippen LogP contribution >= 0.6 is 0 Å². The Labute approximate surface area is 169 Å². The molecule has 29 heavy (non-hydrogen) atoms. The minimum atomic E-state index is -0.353. The van der Waals surface area contributed by atoms with Gasteiger partial charge >= 0.3 is 0 Å². The molecule has 1 aliphatic heterocycles. The maximum Gasteiger partial charge on any atom is 0.262 e. The fraction of sp³-hybridized carbons (Fsp3) is 0.273. The van der Waals surface area contributed by atoms with Gasteiger partial charge in [-0.25, -0.2) is 4.39 Å². The van der Waals surface area contributed by atoms with E-state index in [1.54, 1.807) is 4.90 Å². The molecule has 1 saturated heterocycles. The average Bonchev–Trinajstić information content (AvgIpc) is 2.75. The van der Waals surface area contributed by atoms with Gasteiger partial charge in [-0.05, 0) is 48.0 Å². The van der Waals surface area contributed by atoms with Crippen molar-refractivity contribution < 1.29 is 18.7 Å². The highest BCUT2D eigenvalue weighted by atomic mass is 19.1. The molecule has 2 aromatic carbocycles. The van der Waals surface area contributed by atoms with Crippen molar-refractivity contribution in [2.75, 3.05) is 38.1 Å². The zero-order valence-electron chi connectivity index (χ0n) is 16.1. The molecule has 2 aromatic rings. The zero-order valence-corrected chi connectivity index (χ0v) is 16.1. The number of benzene rings is 2. The second-order valence-corrected chi connectivity index (χ2v) is 6.79. The van der Waals surface area contributed by atoms with E-state index in [2.05, 4.69) is 16.8 Å². The van der Waals surface area contributed by atoms with Crippen LogP contribution < -0.4 is 10.1 Å². The van der Waals surface area contributed by atoms with Gasteiger partial charge in [-0.2, -0.15) is 0 Å². The highest BCUT2D eigenvalue weighted by Gasteiger charge is 2.19. The quantitative estimate of drug-likeness (QED) is 0.730. The van der Waals surface area contributed by atoms with Crippen LogP contribution in [-0.2, 0) is 16.1 Å². The number of halogens is 1. The Kier molecular flexibility index (Phi) is 6.97. The van der Waals surface area contributed by atoms with Crippen LogP contribution in [-0.4, -0.2) is 54.4 Å². The summed E-state index contributed by atoms with van der Waals surface area (Å²) in [6, 6.07) is 13.2. The molecule has 1 fully saturated rings. The van der Waals surface area contributed by atoms with Crippen molar-refractivity contribution in [2.45, 2.75) is 6.54 Å². The third kappa shape index (κ3) is 6.15. The fourth-order valence-corrected chi connectivity index (χ4v) is 3.08. The van der Waals surface area contributed by atoms with Gasteiger partial charge in [0.1, 0.15) is 11.6 Å². The Balaban J connectivity index is 1.42. The smallest absolute Gasteiger partial charge is 0.262 e. The standard InChI is InChI=1S/C22H24FN3O3/c1-2-22(28)26-13-11-25(12-14-26)15-17-3-7-19(8-4-17)24-21(27)16-29-20-9-5-18(23)6-10-20/h2-10H,1,11-16H2,(H,24,27). The SMILES string of the molecule is C=CC(=O)N1CCN(Cc2ccc(NC(=O)COc3ccc(F)cc3)cc2)CC1. The summed E-state index contributed by atoms with van der Waals surface area (Å²) in [6.45, 7) is 7.20. The second-order valence-electron chi connectivity index (χ2n) is 6.79. The van der Waals surface area contributed by atoms with E-state index >= 15 is 0 Å². The van der Waals surface area contributed by atoms with Crippen LogP contribution in [0.25, 0.3) is 0 Å². The number of rotatable bonds is 7. The summed E-state index contributed by atoms with van der Waals surface area (Å²) in [7, 11) is 0. The molecule has 0 aliphatic carbocycles. The summed E-state index contributed by atoms with van der Waals surface area (Å²) < 4.78 is 18.2. The lowest BCUT2D eigenvalue weighted by Crippen LogP contribution is -2.47. The number of piperazine rings is 1. The van der Waals surface area contributed by atoms with Crippen molar-refractivity contribution in [3.8, 4) is 5.75 Å². The predicted molar refractivity (Wildman–Crippen MR) is 109 cm³/mol. The highest BCUT2D eigenvalue weighted by Crippen LogP contribution is 2.14. The van der Waals surface area contributed by atoms with E-state index in [1.807, 2.05) is 24.3 Å². The number of carbonyl (C=O) groups excluding carboxylic acids is 2. The first-order chi connectivity index (χ1) is 14.0. The lowest BCUT2D eigenvalue weighted by atomic mass is 10.1. The number of amides is 2. The molecule has 0 bridgehead atoms. The third-order valence-electron chi connectivity index (χ3n) is 4.69. The molecule has 0 radical (unpaired) electrons. The van der Waals surface area contributed by atoms with Gasteiger partial charge in [0.25, 0.3) is 5.91 Å². The van der Waals surface area contributed by atoms with Gasteiger partial charge in [0.2, 0.25) is 5.91 Å². The first kappa shape index (κ1) is 20.5. The molecule has 7 heteroatoms. The Bertz CT molecular complexity index is 845.